The first-order valence-corrected chi connectivity index (χ1v) is 9.07. The van der Waals surface area contributed by atoms with Gasteiger partial charge in [0, 0.05) is 25.5 Å². The number of carbonyl (C=O) groups is 1. The van der Waals surface area contributed by atoms with Gasteiger partial charge in [0.25, 0.3) is 5.91 Å². The Kier molecular flexibility index (Phi) is 4.61. The summed E-state index contributed by atoms with van der Waals surface area (Å²) in [6.45, 7) is 4.10. The third-order valence-corrected chi connectivity index (χ3v) is 4.76. The zero-order valence-electron chi connectivity index (χ0n) is 15.0. The summed E-state index contributed by atoms with van der Waals surface area (Å²) in [5.74, 6) is 1.83. The molecule has 0 aliphatic heterocycles. The van der Waals surface area contributed by atoms with E-state index in [9.17, 15) is 4.79 Å². The second-order valence-corrected chi connectivity index (χ2v) is 7.07. The van der Waals surface area contributed by atoms with E-state index in [2.05, 4.69) is 40.7 Å². The minimum absolute atomic E-state index is 0.0630. The van der Waals surface area contributed by atoms with Crippen molar-refractivity contribution in [3.8, 4) is 0 Å². The highest BCUT2D eigenvalue weighted by atomic mass is 16.3. The van der Waals surface area contributed by atoms with Gasteiger partial charge in [-0.25, -0.2) is 4.98 Å². The molecule has 1 aliphatic rings. The first-order valence-electron chi connectivity index (χ1n) is 9.07. The van der Waals surface area contributed by atoms with Crippen molar-refractivity contribution in [1.29, 1.82) is 0 Å². The number of imidazole rings is 1. The van der Waals surface area contributed by atoms with Crippen LogP contribution in [-0.2, 0) is 13.1 Å². The van der Waals surface area contributed by atoms with E-state index in [1.165, 1.54) is 24.0 Å². The zero-order chi connectivity index (χ0) is 17.9. The molecule has 0 atom stereocenters. The summed E-state index contributed by atoms with van der Waals surface area (Å²) in [7, 11) is 0. The van der Waals surface area contributed by atoms with Gasteiger partial charge in [-0.05, 0) is 43.4 Å². The SMILES string of the molecule is Cc1cccc(Cn2ccnc2CN(CC2CC2)C(=O)c2ccco2)c1. The van der Waals surface area contributed by atoms with Crippen LogP contribution in [0.15, 0.2) is 59.5 Å². The Bertz CT molecular complexity index is 878. The summed E-state index contributed by atoms with van der Waals surface area (Å²) < 4.78 is 7.43. The third kappa shape index (κ3) is 3.87. The smallest absolute Gasteiger partial charge is 0.289 e. The maximum Gasteiger partial charge on any atom is 0.289 e. The van der Waals surface area contributed by atoms with E-state index in [0.29, 0.717) is 18.2 Å². The Balaban J connectivity index is 1.52. The van der Waals surface area contributed by atoms with E-state index < -0.39 is 0 Å². The molecule has 134 valence electrons. The molecule has 0 N–H and O–H groups in total. The highest BCUT2D eigenvalue weighted by molar-refractivity contribution is 5.91. The molecule has 1 amide bonds. The first kappa shape index (κ1) is 16.6. The number of nitrogens with zero attached hydrogens (tertiary/aromatic N) is 3. The van der Waals surface area contributed by atoms with Crippen molar-refractivity contribution in [2.45, 2.75) is 32.9 Å². The third-order valence-electron chi connectivity index (χ3n) is 4.76. The minimum atomic E-state index is -0.0630. The maximum absolute atomic E-state index is 12.8. The van der Waals surface area contributed by atoms with Crippen LogP contribution in [-0.4, -0.2) is 26.9 Å². The Labute approximate surface area is 153 Å². The number of carbonyl (C=O) groups excluding carboxylic acids is 1. The Morgan fingerprint density at radius 1 is 1.31 bits per heavy atom. The summed E-state index contributed by atoms with van der Waals surface area (Å²) in [6.07, 6.45) is 7.71. The van der Waals surface area contributed by atoms with Gasteiger partial charge in [-0.2, -0.15) is 0 Å². The Hall–Kier alpha value is -2.82. The van der Waals surface area contributed by atoms with Crippen LogP contribution in [0.2, 0.25) is 0 Å². The van der Waals surface area contributed by atoms with Crippen molar-refractivity contribution < 1.29 is 9.21 Å². The normalized spacial score (nSPS) is 13.7. The molecule has 5 heteroatoms. The Morgan fingerprint density at radius 3 is 2.92 bits per heavy atom. The highest BCUT2D eigenvalue weighted by Crippen LogP contribution is 2.30. The van der Waals surface area contributed by atoms with E-state index >= 15 is 0 Å². The van der Waals surface area contributed by atoms with Gasteiger partial charge in [0.15, 0.2) is 5.76 Å². The van der Waals surface area contributed by atoms with E-state index in [0.717, 1.165) is 18.9 Å². The topological polar surface area (TPSA) is 51.3 Å². The number of benzene rings is 1. The molecular formula is C21H23N3O2. The molecule has 4 rings (SSSR count). The fourth-order valence-electron chi connectivity index (χ4n) is 3.20. The molecule has 0 unspecified atom stereocenters. The number of hydrogen-bond donors (Lipinski definition) is 0. The molecule has 0 bridgehead atoms. The van der Waals surface area contributed by atoms with Crippen molar-refractivity contribution in [2.75, 3.05) is 6.54 Å². The molecule has 2 aromatic heterocycles. The standard InChI is InChI=1S/C21H23N3O2/c1-16-4-2-5-18(12-16)14-23-10-9-22-20(23)15-24(13-17-7-8-17)21(25)19-6-3-11-26-19/h2-6,9-12,17H,7-8,13-15H2,1H3. The van der Waals surface area contributed by atoms with Crippen LogP contribution in [0.4, 0.5) is 0 Å². The van der Waals surface area contributed by atoms with Crippen LogP contribution >= 0.6 is 0 Å². The van der Waals surface area contributed by atoms with Crippen molar-refractivity contribution in [2.24, 2.45) is 5.92 Å². The van der Waals surface area contributed by atoms with Gasteiger partial charge in [0.1, 0.15) is 5.82 Å². The zero-order valence-corrected chi connectivity index (χ0v) is 15.0. The van der Waals surface area contributed by atoms with E-state index in [4.69, 9.17) is 4.42 Å². The minimum Gasteiger partial charge on any atom is -0.459 e. The van der Waals surface area contributed by atoms with Crippen molar-refractivity contribution in [3.63, 3.8) is 0 Å². The average Bonchev–Trinajstić information content (AvgIpc) is 3.08. The molecule has 1 fully saturated rings. The van der Waals surface area contributed by atoms with Crippen molar-refractivity contribution >= 4 is 5.91 Å². The fourth-order valence-corrected chi connectivity index (χ4v) is 3.20. The summed E-state index contributed by atoms with van der Waals surface area (Å²) in [5.41, 5.74) is 2.47. The van der Waals surface area contributed by atoms with Crippen molar-refractivity contribution in [3.05, 3.63) is 77.8 Å². The Morgan fingerprint density at radius 2 is 2.19 bits per heavy atom. The van der Waals surface area contributed by atoms with E-state index in [1.807, 2.05) is 11.1 Å². The molecule has 3 aromatic rings. The predicted octanol–water partition coefficient (Wildman–Crippen LogP) is 3.89. The molecule has 1 aliphatic carbocycles. The van der Waals surface area contributed by atoms with Crippen LogP contribution in [0.25, 0.3) is 0 Å². The lowest BCUT2D eigenvalue weighted by molar-refractivity contribution is 0.0696. The summed E-state index contributed by atoms with van der Waals surface area (Å²) in [5, 5.41) is 0. The largest absolute Gasteiger partial charge is 0.459 e. The maximum atomic E-state index is 12.8. The van der Waals surface area contributed by atoms with Crippen LogP contribution in [0.5, 0.6) is 0 Å². The van der Waals surface area contributed by atoms with Gasteiger partial charge < -0.3 is 13.9 Å². The number of aryl methyl sites for hydroxylation is 1. The van der Waals surface area contributed by atoms with Gasteiger partial charge >= 0.3 is 0 Å². The molecule has 26 heavy (non-hydrogen) atoms. The summed E-state index contributed by atoms with van der Waals surface area (Å²) in [4.78, 5) is 19.2. The second-order valence-electron chi connectivity index (χ2n) is 7.07. The molecule has 0 radical (unpaired) electrons. The van der Waals surface area contributed by atoms with E-state index in [1.54, 1.807) is 24.6 Å². The van der Waals surface area contributed by atoms with Gasteiger partial charge in [0.2, 0.25) is 0 Å². The molecule has 0 saturated heterocycles. The molecular weight excluding hydrogens is 326 g/mol. The average molecular weight is 349 g/mol. The monoisotopic (exact) mass is 349 g/mol. The quantitative estimate of drug-likeness (QED) is 0.650. The molecule has 5 nitrogen and oxygen atoms in total. The molecule has 2 heterocycles. The number of aromatic nitrogens is 2. The van der Waals surface area contributed by atoms with Gasteiger partial charge in [-0.15, -0.1) is 0 Å². The number of hydrogen-bond acceptors (Lipinski definition) is 3. The van der Waals surface area contributed by atoms with Gasteiger partial charge in [0.05, 0.1) is 12.8 Å². The first-order chi connectivity index (χ1) is 12.7. The number of amides is 1. The number of rotatable bonds is 7. The number of furan rings is 1. The van der Waals surface area contributed by atoms with Crippen LogP contribution < -0.4 is 0 Å². The summed E-state index contributed by atoms with van der Waals surface area (Å²) in [6, 6.07) is 11.9. The van der Waals surface area contributed by atoms with Gasteiger partial charge in [-0.3, -0.25) is 4.79 Å². The van der Waals surface area contributed by atoms with Crippen LogP contribution in [0.3, 0.4) is 0 Å². The molecule has 1 saturated carbocycles. The lowest BCUT2D eigenvalue weighted by Crippen LogP contribution is -2.33. The van der Waals surface area contributed by atoms with E-state index in [-0.39, 0.29) is 5.91 Å². The predicted molar refractivity (Wildman–Crippen MR) is 98.7 cm³/mol. The highest BCUT2D eigenvalue weighted by Gasteiger charge is 2.29. The van der Waals surface area contributed by atoms with Crippen molar-refractivity contribution in [1.82, 2.24) is 14.5 Å². The fraction of sp³-hybridized carbons (Fsp3) is 0.333. The van der Waals surface area contributed by atoms with Crippen LogP contribution in [0, 0.1) is 12.8 Å². The molecule has 0 spiro atoms. The van der Waals surface area contributed by atoms with Gasteiger partial charge in [-0.1, -0.05) is 29.8 Å². The van der Waals surface area contributed by atoms with Crippen LogP contribution in [0.1, 0.15) is 40.3 Å². The lowest BCUT2D eigenvalue weighted by Gasteiger charge is -2.22. The molecule has 1 aromatic carbocycles. The summed E-state index contributed by atoms with van der Waals surface area (Å²) >= 11 is 0. The lowest BCUT2D eigenvalue weighted by atomic mass is 10.1. The second kappa shape index (κ2) is 7.20.